The molecule has 0 saturated heterocycles. The first-order chi connectivity index (χ1) is 8.54. The van der Waals surface area contributed by atoms with Crippen LogP contribution in [0.3, 0.4) is 0 Å². The topological polar surface area (TPSA) is 18.5 Å². The van der Waals surface area contributed by atoms with Crippen LogP contribution in [0.1, 0.15) is 53.0 Å². The van der Waals surface area contributed by atoms with Gasteiger partial charge in [-0.2, -0.15) is 0 Å². The van der Waals surface area contributed by atoms with E-state index in [1.54, 1.807) is 0 Å². The van der Waals surface area contributed by atoms with Crippen molar-refractivity contribution in [3.05, 3.63) is 17.6 Å². The molecule has 0 spiro atoms. The Hall–Kier alpha value is -0.985. The van der Waals surface area contributed by atoms with Gasteiger partial charge in [0.05, 0.1) is 0 Å². The van der Waals surface area contributed by atoms with Crippen molar-refractivity contribution in [2.75, 3.05) is 0 Å². The van der Waals surface area contributed by atoms with Gasteiger partial charge in [0.1, 0.15) is 0 Å². The third-order valence-electron chi connectivity index (χ3n) is 2.58. The van der Waals surface area contributed by atoms with Crippen LogP contribution in [-0.2, 0) is 6.42 Å². The van der Waals surface area contributed by atoms with Gasteiger partial charge in [0.15, 0.2) is 0 Å². The number of unbranched alkanes of at least 4 members (excludes halogenated alkanes) is 1. The van der Waals surface area contributed by atoms with Gasteiger partial charge in [0.25, 0.3) is 0 Å². The second kappa shape index (κ2) is 7.45. The summed E-state index contributed by atoms with van der Waals surface area (Å²) < 4.78 is 11.8. The molecule has 2 nitrogen and oxygen atoms in total. The quantitative estimate of drug-likeness (QED) is 0.727. The van der Waals surface area contributed by atoms with Crippen molar-refractivity contribution >= 4 is 6.91 Å². The van der Waals surface area contributed by atoms with E-state index in [-0.39, 0.29) is 12.2 Å². The van der Waals surface area contributed by atoms with E-state index in [1.807, 2.05) is 20.8 Å². The number of ether oxygens (including phenoxy) is 2. The Morgan fingerprint density at radius 1 is 1.11 bits per heavy atom. The summed E-state index contributed by atoms with van der Waals surface area (Å²) >= 11 is 0. The van der Waals surface area contributed by atoms with E-state index in [2.05, 4.69) is 32.8 Å². The van der Waals surface area contributed by atoms with Crippen molar-refractivity contribution in [1.82, 2.24) is 0 Å². The number of hydrogen-bond donors (Lipinski definition) is 0. The molecular formula is C15H25BO2. The van der Waals surface area contributed by atoms with E-state index >= 15 is 0 Å². The van der Waals surface area contributed by atoms with Crippen LogP contribution in [0.25, 0.3) is 0 Å². The van der Waals surface area contributed by atoms with Crippen molar-refractivity contribution in [1.29, 1.82) is 0 Å². The summed E-state index contributed by atoms with van der Waals surface area (Å²) in [5.41, 5.74) is 2.12. The number of aryl methyl sites for hydroxylation is 1. The van der Waals surface area contributed by atoms with Gasteiger partial charge in [-0.25, -0.2) is 0 Å². The molecule has 0 saturated carbocycles. The molecule has 0 aromatic carbocycles. The molecule has 0 aliphatic carbocycles. The molecule has 0 N–H and O–H groups in total. The molecule has 0 amide bonds. The molecule has 1 rings (SSSR count). The Kier molecular flexibility index (Phi) is 6.24. The molecule has 100 valence electrons. The minimum absolute atomic E-state index is 0.168. The van der Waals surface area contributed by atoms with Crippen molar-refractivity contribution in [3.63, 3.8) is 0 Å². The molecule has 0 fully saturated rings. The van der Waals surface area contributed by atoms with E-state index in [1.165, 1.54) is 18.4 Å². The molecule has 1 aromatic heterocycles. The van der Waals surface area contributed by atoms with Gasteiger partial charge >= 0.3 is 111 Å². The van der Waals surface area contributed by atoms with Crippen LogP contribution >= 0.6 is 0 Å². The first-order valence-corrected chi connectivity index (χ1v) is 6.99. The average molecular weight is 248 g/mol. The standard InChI is InChI=1S/C15H25BO2/c1-6-7-8-13-9-10-16-15(18-12(4)5)14(13)17-11(2)3/h9-12H,6-8H2,1-5H3. The first kappa shape index (κ1) is 15.1. The van der Waals surface area contributed by atoms with Gasteiger partial charge in [-0.3, -0.25) is 0 Å². The van der Waals surface area contributed by atoms with Gasteiger partial charge in [-0.15, -0.1) is 0 Å². The predicted molar refractivity (Wildman–Crippen MR) is 77.9 cm³/mol. The van der Waals surface area contributed by atoms with Gasteiger partial charge < -0.3 is 0 Å². The molecule has 1 aromatic rings. The fraction of sp³-hybridized carbons (Fsp3) is 0.667. The van der Waals surface area contributed by atoms with Gasteiger partial charge in [0.2, 0.25) is 0 Å². The predicted octanol–water partition coefficient (Wildman–Crippen LogP) is 3.94. The van der Waals surface area contributed by atoms with Gasteiger partial charge in [0, 0.05) is 0 Å². The zero-order valence-corrected chi connectivity index (χ0v) is 12.3. The fourth-order valence-corrected chi connectivity index (χ4v) is 1.84. The molecule has 1 heterocycles. The van der Waals surface area contributed by atoms with Crippen LogP contribution in [0.15, 0.2) is 12.0 Å². The summed E-state index contributed by atoms with van der Waals surface area (Å²) in [7, 11) is 0. The Morgan fingerprint density at radius 2 is 1.78 bits per heavy atom. The number of hydrogen-bond acceptors (Lipinski definition) is 2. The van der Waals surface area contributed by atoms with Crippen LogP contribution < -0.4 is 9.47 Å². The molecule has 0 unspecified atom stereocenters. The fourth-order valence-electron chi connectivity index (χ4n) is 1.84. The van der Waals surface area contributed by atoms with Crippen molar-refractivity contribution < 1.29 is 9.47 Å². The van der Waals surface area contributed by atoms with Crippen molar-refractivity contribution in [2.45, 2.75) is 66.1 Å². The third-order valence-corrected chi connectivity index (χ3v) is 2.58. The van der Waals surface area contributed by atoms with Gasteiger partial charge in [-0.1, -0.05) is 0 Å². The van der Waals surface area contributed by atoms with E-state index < -0.39 is 0 Å². The van der Waals surface area contributed by atoms with Crippen LogP contribution in [-0.4, -0.2) is 19.1 Å². The second-order valence-corrected chi connectivity index (χ2v) is 5.18. The minimum atomic E-state index is 0.168. The summed E-state index contributed by atoms with van der Waals surface area (Å²) in [6.07, 6.45) is 3.76. The number of rotatable bonds is 7. The summed E-state index contributed by atoms with van der Waals surface area (Å²) in [5, 5.41) is 0. The van der Waals surface area contributed by atoms with Gasteiger partial charge in [-0.05, 0) is 0 Å². The molecule has 0 aliphatic rings. The van der Waals surface area contributed by atoms with Crippen molar-refractivity contribution in [2.24, 2.45) is 0 Å². The average Bonchev–Trinajstić information content (AvgIpc) is 2.28. The van der Waals surface area contributed by atoms with Crippen molar-refractivity contribution in [3.8, 4) is 11.4 Å². The SMILES string of the molecule is CCCCc1ccbc(OC(C)C)c1OC(C)C. The second-order valence-electron chi connectivity index (χ2n) is 5.18. The van der Waals surface area contributed by atoms with Crippen LogP contribution in [0.2, 0.25) is 0 Å². The molecule has 0 atom stereocenters. The molecule has 0 radical (unpaired) electrons. The monoisotopic (exact) mass is 248 g/mol. The van der Waals surface area contributed by atoms with Crippen LogP contribution in [0, 0.1) is 0 Å². The Balaban J connectivity index is 3.00. The zero-order valence-electron chi connectivity index (χ0n) is 12.3. The molecule has 18 heavy (non-hydrogen) atoms. The summed E-state index contributed by atoms with van der Waals surface area (Å²) in [4.78, 5) is 0. The molecule has 3 heteroatoms. The Labute approximate surface area is 112 Å². The van der Waals surface area contributed by atoms with E-state index in [9.17, 15) is 0 Å². The van der Waals surface area contributed by atoms with E-state index in [0.29, 0.717) is 0 Å². The zero-order chi connectivity index (χ0) is 13.5. The van der Waals surface area contributed by atoms with E-state index in [4.69, 9.17) is 9.47 Å². The molecule has 0 bridgehead atoms. The Bertz CT molecular complexity index is 362. The molecular weight excluding hydrogens is 223 g/mol. The Morgan fingerprint density at radius 3 is 2.33 bits per heavy atom. The molecule has 0 aliphatic heterocycles. The normalized spacial score (nSPS) is 10.8. The van der Waals surface area contributed by atoms with Crippen LogP contribution in [0.5, 0.6) is 11.4 Å². The summed E-state index contributed by atoms with van der Waals surface area (Å²) in [5.74, 6) is 2.98. The van der Waals surface area contributed by atoms with Crippen LogP contribution in [0.4, 0.5) is 0 Å². The maximum absolute atomic E-state index is 5.95. The third kappa shape index (κ3) is 4.71. The maximum atomic E-state index is 5.95. The van der Waals surface area contributed by atoms with E-state index in [0.717, 1.165) is 17.8 Å². The summed E-state index contributed by atoms with van der Waals surface area (Å²) in [6.45, 7) is 12.4. The summed E-state index contributed by atoms with van der Waals surface area (Å²) in [6, 6.07) is 2.14. The first-order valence-electron chi connectivity index (χ1n) is 6.99.